The number of halogens is 3. The maximum Gasteiger partial charge on any atom is 0.123 e. The summed E-state index contributed by atoms with van der Waals surface area (Å²) >= 11 is 17.2. The first kappa shape index (κ1) is 15.0. The highest BCUT2D eigenvalue weighted by atomic mass is 79.9. The quantitative estimate of drug-likeness (QED) is 0.645. The Morgan fingerprint density at radius 1 is 1.11 bits per heavy atom. The average Bonchev–Trinajstić information content (AvgIpc) is 2.76. The number of hydrogen-bond acceptors (Lipinski definition) is 3. The second-order valence-electron chi connectivity index (χ2n) is 3.75. The molecule has 0 spiro atoms. The highest BCUT2D eigenvalue weighted by Gasteiger charge is 2.20. The van der Waals surface area contributed by atoms with Gasteiger partial charge in [0, 0.05) is 11.1 Å². The van der Waals surface area contributed by atoms with E-state index in [0.29, 0.717) is 8.67 Å². The first-order valence-electron chi connectivity index (χ1n) is 5.37. The van der Waals surface area contributed by atoms with Crippen LogP contribution in [0.15, 0.2) is 24.3 Å². The molecule has 0 saturated carbocycles. The summed E-state index contributed by atoms with van der Waals surface area (Å²) in [5.41, 5.74) is 1.86. The summed E-state index contributed by atoms with van der Waals surface area (Å²) in [4.78, 5) is -0.103. The molecule has 1 unspecified atom stereocenters. The monoisotopic (exact) mass is 380 g/mol. The lowest BCUT2D eigenvalue weighted by Crippen LogP contribution is -1.97. The summed E-state index contributed by atoms with van der Waals surface area (Å²) in [6.07, 6.45) is 0. The van der Waals surface area contributed by atoms with E-state index in [2.05, 4.69) is 15.9 Å². The molecule has 0 N–H and O–H groups in total. The van der Waals surface area contributed by atoms with Gasteiger partial charge in [0.2, 0.25) is 0 Å². The third-order valence-electron chi connectivity index (χ3n) is 2.67. The molecular formula is C13H11BrCl2O2S. The highest BCUT2D eigenvalue weighted by molar-refractivity contribution is 9.09. The van der Waals surface area contributed by atoms with Crippen LogP contribution in [0, 0.1) is 0 Å². The second kappa shape index (κ2) is 6.35. The van der Waals surface area contributed by atoms with Gasteiger partial charge in [-0.05, 0) is 24.3 Å². The van der Waals surface area contributed by atoms with E-state index in [4.69, 9.17) is 32.7 Å². The van der Waals surface area contributed by atoms with Gasteiger partial charge in [-0.25, -0.2) is 0 Å². The lowest BCUT2D eigenvalue weighted by molar-refractivity contribution is 0.399. The predicted molar refractivity (Wildman–Crippen MR) is 84.7 cm³/mol. The van der Waals surface area contributed by atoms with Gasteiger partial charge in [-0.3, -0.25) is 0 Å². The normalized spacial score (nSPS) is 12.3. The molecule has 2 nitrogen and oxygen atoms in total. The number of benzene rings is 1. The minimum absolute atomic E-state index is 0.103. The zero-order valence-electron chi connectivity index (χ0n) is 10.2. The number of alkyl halides is 1. The van der Waals surface area contributed by atoms with Gasteiger partial charge in [0.05, 0.1) is 27.7 Å². The standard InChI is InChI=1S/C13H11BrCl2O2S/c1-17-7-3-4-10(18-2)8(5-7)12(14)9-6-11(15)19-13(9)16/h3-6,12H,1-2H3. The van der Waals surface area contributed by atoms with Crippen LogP contribution in [0.3, 0.4) is 0 Å². The molecule has 1 aromatic heterocycles. The number of hydrogen-bond donors (Lipinski definition) is 0. The average molecular weight is 382 g/mol. The van der Waals surface area contributed by atoms with Crippen LogP contribution in [0.1, 0.15) is 16.0 Å². The Labute approximate surface area is 134 Å². The van der Waals surface area contributed by atoms with Crippen LogP contribution in [0.25, 0.3) is 0 Å². The van der Waals surface area contributed by atoms with Crippen molar-refractivity contribution < 1.29 is 9.47 Å². The lowest BCUT2D eigenvalue weighted by atomic mass is 10.1. The van der Waals surface area contributed by atoms with E-state index in [1.807, 2.05) is 24.3 Å². The summed E-state index contributed by atoms with van der Waals surface area (Å²) < 4.78 is 11.9. The van der Waals surface area contributed by atoms with Crippen molar-refractivity contribution in [3.63, 3.8) is 0 Å². The van der Waals surface area contributed by atoms with Gasteiger partial charge in [0.1, 0.15) is 11.5 Å². The molecule has 0 aliphatic heterocycles. The fraction of sp³-hybridized carbons (Fsp3) is 0.231. The molecular weight excluding hydrogens is 371 g/mol. The van der Waals surface area contributed by atoms with Crippen molar-refractivity contribution >= 4 is 50.5 Å². The third kappa shape index (κ3) is 3.19. The number of ether oxygens (including phenoxy) is 2. The zero-order valence-corrected chi connectivity index (χ0v) is 14.2. The maximum absolute atomic E-state index is 6.19. The van der Waals surface area contributed by atoms with E-state index in [0.717, 1.165) is 22.6 Å². The van der Waals surface area contributed by atoms with E-state index >= 15 is 0 Å². The Morgan fingerprint density at radius 2 is 1.84 bits per heavy atom. The van der Waals surface area contributed by atoms with Crippen molar-refractivity contribution in [1.29, 1.82) is 0 Å². The molecule has 1 aromatic carbocycles. The van der Waals surface area contributed by atoms with Gasteiger partial charge in [0.25, 0.3) is 0 Å². The van der Waals surface area contributed by atoms with Crippen molar-refractivity contribution in [2.75, 3.05) is 14.2 Å². The van der Waals surface area contributed by atoms with Crippen LogP contribution in [0.5, 0.6) is 11.5 Å². The third-order valence-corrected chi connectivity index (χ3v) is 5.17. The van der Waals surface area contributed by atoms with Gasteiger partial charge in [-0.2, -0.15) is 0 Å². The van der Waals surface area contributed by atoms with Crippen molar-refractivity contribution in [2.24, 2.45) is 0 Å². The molecule has 0 amide bonds. The minimum Gasteiger partial charge on any atom is -0.497 e. The largest absolute Gasteiger partial charge is 0.497 e. The Kier molecular flexibility index (Phi) is 5.01. The smallest absolute Gasteiger partial charge is 0.123 e. The first-order chi connectivity index (χ1) is 9.06. The molecule has 0 radical (unpaired) electrons. The fourth-order valence-electron chi connectivity index (χ4n) is 1.73. The van der Waals surface area contributed by atoms with Crippen molar-refractivity contribution in [3.05, 3.63) is 44.1 Å². The van der Waals surface area contributed by atoms with Gasteiger partial charge in [-0.15, -0.1) is 11.3 Å². The zero-order chi connectivity index (χ0) is 14.0. The molecule has 6 heteroatoms. The summed E-state index contributed by atoms with van der Waals surface area (Å²) in [5, 5.41) is 0. The number of thiophene rings is 1. The van der Waals surface area contributed by atoms with E-state index in [1.165, 1.54) is 11.3 Å². The molecule has 0 saturated heterocycles. The predicted octanol–water partition coefficient (Wildman–Crippen LogP) is 5.56. The molecule has 0 aliphatic carbocycles. The van der Waals surface area contributed by atoms with E-state index in [-0.39, 0.29) is 4.83 Å². The molecule has 2 rings (SSSR count). The summed E-state index contributed by atoms with van der Waals surface area (Å²) in [5.74, 6) is 1.53. The molecule has 0 bridgehead atoms. The summed E-state index contributed by atoms with van der Waals surface area (Å²) in [7, 11) is 3.26. The first-order valence-corrected chi connectivity index (χ1v) is 7.86. The highest BCUT2D eigenvalue weighted by Crippen LogP contribution is 2.44. The van der Waals surface area contributed by atoms with Crippen LogP contribution in [0.2, 0.25) is 8.67 Å². The van der Waals surface area contributed by atoms with E-state index in [9.17, 15) is 0 Å². The van der Waals surface area contributed by atoms with Crippen LogP contribution in [-0.4, -0.2) is 14.2 Å². The fourth-order valence-corrected chi connectivity index (χ4v) is 4.27. The number of rotatable bonds is 4. The summed E-state index contributed by atoms with van der Waals surface area (Å²) in [6.45, 7) is 0. The topological polar surface area (TPSA) is 18.5 Å². The van der Waals surface area contributed by atoms with Crippen LogP contribution < -0.4 is 9.47 Å². The Hall–Kier alpha value is -0.420. The minimum atomic E-state index is -0.103. The van der Waals surface area contributed by atoms with Gasteiger partial charge in [-0.1, -0.05) is 39.1 Å². The van der Waals surface area contributed by atoms with Crippen LogP contribution in [-0.2, 0) is 0 Å². The Bertz CT molecular complexity index is 586. The Morgan fingerprint density at radius 3 is 2.37 bits per heavy atom. The van der Waals surface area contributed by atoms with Gasteiger partial charge < -0.3 is 9.47 Å². The van der Waals surface area contributed by atoms with Crippen LogP contribution in [0.4, 0.5) is 0 Å². The van der Waals surface area contributed by atoms with Gasteiger partial charge in [0.15, 0.2) is 0 Å². The van der Waals surface area contributed by atoms with Crippen LogP contribution >= 0.6 is 50.5 Å². The number of methoxy groups -OCH3 is 2. The maximum atomic E-state index is 6.19. The molecule has 2 aromatic rings. The SMILES string of the molecule is COc1ccc(OC)c(C(Br)c2cc(Cl)sc2Cl)c1. The molecule has 1 heterocycles. The van der Waals surface area contributed by atoms with Gasteiger partial charge >= 0.3 is 0 Å². The van der Waals surface area contributed by atoms with Crippen molar-refractivity contribution in [3.8, 4) is 11.5 Å². The summed E-state index contributed by atoms with van der Waals surface area (Å²) in [6, 6.07) is 7.49. The molecule has 102 valence electrons. The van der Waals surface area contributed by atoms with Crippen molar-refractivity contribution in [2.45, 2.75) is 4.83 Å². The van der Waals surface area contributed by atoms with Crippen molar-refractivity contribution in [1.82, 2.24) is 0 Å². The Balaban J connectivity index is 2.47. The second-order valence-corrected chi connectivity index (χ2v) is 6.95. The van der Waals surface area contributed by atoms with E-state index in [1.54, 1.807) is 14.2 Å². The molecule has 19 heavy (non-hydrogen) atoms. The lowest BCUT2D eigenvalue weighted by Gasteiger charge is -2.15. The molecule has 0 aliphatic rings. The molecule has 1 atom stereocenters. The molecule has 0 fully saturated rings. The van der Waals surface area contributed by atoms with E-state index < -0.39 is 0 Å².